The molecule has 0 fully saturated rings. The Balaban J connectivity index is 2.02. The van der Waals surface area contributed by atoms with Gasteiger partial charge in [-0.3, -0.25) is 9.67 Å². The van der Waals surface area contributed by atoms with E-state index in [1.165, 1.54) is 0 Å². The van der Waals surface area contributed by atoms with E-state index < -0.39 is 11.9 Å². The minimum absolute atomic E-state index is 0.126. The van der Waals surface area contributed by atoms with Gasteiger partial charge in [-0.25, -0.2) is 9.59 Å². The molecule has 1 aliphatic heterocycles. The number of carbonyl (C=O) groups is 2. The molecule has 158 valence electrons. The second-order valence-electron chi connectivity index (χ2n) is 6.73. The second-order valence-corrected chi connectivity index (χ2v) is 6.73. The first-order valence-electron chi connectivity index (χ1n) is 9.79. The van der Waals surface area contributed by atoms with Crippen LogP contribution in [0.2, 0.25) is 0 Å². The van der Waals surface area contributed by atoms with Crippen molar-refractivity contribution in [2.45, 2.75) is 33.7 Å². The van der Waals surface area contributed by atoms with Gasteiger partial charge in [0, 0.05) is 18.3 Å². The molecule has 0 atom stereocenters. The van der Waals surface area contributed by atoms with Gasteiger partial charge >= 0.3 is 11.9 Å². The Morgan fingerprint density at radius 3 is 2.37 bits per heavy atom. The van der Waals surface area contributed by atoms with Gasteiger partial charge in [0.05, 0.1) is 43.7 Å². The van der Waals surface area contributed by atoms with E-state index in [0.29, 0.717) is 29.8 Å². The van der Waals surface area contributed by atoms with E-state index >= 15 is 0 Å². The maximum absolute atomic E-state index is 12.6. The first-order valence-corrected chi connectivity index (χ1v) is 9.79. The Bertz CT molecular complexity index is 1000. The SMILES string of the molecule is CCOC(=O)C1=C(c2cn(Cc3ccc(OC)cc3)nc2C(=O)OCC)N=C(C)C1. The molecule has 0 bridgehead atoms. The molecule has 3 rings (SSSR count). The molecule has 8 heteroatoms. The Morgan fingerprint density at radius 2 is 1.73 bits per heavy atom. The molecule has 0 unspecified atom stereocenters. The lowest BCUT2D eigenvalue weighted by atomic mass is 10.1. The molecule has 0 saturated heterocycles. The third kappa shape index (κ3) is 4.59. The third-order valence-corrected chi connectivity index (χ3v) is 4.53. The molecule has 8 nitrogen and oxygen atoms in total. The van der Waals surface area contributed by atoms with E-state index in [2.05, 4.69) is 10.1 Å². The Labute approximate surface area is 175 Å². The Kier molecular flexibility index (Phi) is 6.66. The summed E-state index contributed by atoms with van der Waals surface area (Å²) in [5.74, 6) is -0.241. The van der Waals surface area contributed by atoms with Gasteiger partial charge in [-0.2, -0.15) is 5.10 Å². The molecule has 0 aliphatic carbocycles. The van der Waals surface area contributed by atoms with Crippen molar-refractivity contribution >= 4 is 23.3 Å². The van der Waals surface area contributed by atoms with Crippen LogP contribution >= 0.6 is 0 Å². The van der Waals surface area contributed by atoms with Gasteiger partial charge in [0.15, 0.2) is 5.69 Å². The lowest BCUT2D eigenvalue weighted by Crippen LogP contribution is -2.11. The smallest absolute Gasteiger partial charge is 0.359 e. The molecule has 0 spiro atoms. The van der Waals surface area contributed by atoms with Crippen molar-refractivity contribution in [1.82, 2.24) is 9.78 Å². The first-order chi connectivity index (χ1) is 14.5. The lowest BCUT2D eigenvalue weighted by Gasteiger charge is -2.05. The molecule has 2 heterocycles. The number of hydrogen-bond donors (Lipinski definition) is 0. The molecule has 0 N–H and O–H groups in total. The molecular weight excluding hydrogens is 386 g/mol. The largest absolute Gasteiger partial charge is 0.497 e. The van der Waals surface area contributed by atoms with Gasteiger partial charge in [-0.15, -0.1) is 0 Å². The van der Waals surface area contributed by atoms with E-state index in [-0.39, 0.29) is 18.9 Å². The van der Waals surface area contributed by atoms with E-state index in [4.69, 9.17) is 14.2 Å². The standard InChI is InChI=1S/C22H25N3O5/c1-5-29-21(26)17-11-14(3)23-19(17)18-13-25(24-20(18)22(27)30-6-2)12-15-7-9-16(28-4)10-8-15/h7-10,13H,5-6,11-12H2,1-4H3. The molecule has 0 radical (unpaired) electrons. The van der Waals surface area contributed by atoms with Crippen LogP contribution in [-0.2, 0) is 20.8 Å². The highest BCUT2D eigenvalue weighted by Crippen LogP contribution is 2.32. The quantitative estimate of drug-likeness (QED) is 0.619. The number of ether oxygens (including phenoxy) is 3. The summed E-state index contributed by atoms with van der Waals surface area (Å²) in [7, 11) is 1.61. The van der Waals surface area contributed by atoms with Crippen molar-refractivity contribution in [2.24, 2.45) is 4.99 Å². The number of esters is 2. The topological polar surface area (TPSA) is 92.0 Å². The van der Waals surface area contributed by atoms with E-state index in [9.17, 15) is 9.59 Å². The zero-order valence-electron chi connectivity index (χ0n) is 17.6. The Hall–Kier alpha value is -3.42. The number of hydrogen-bond acceptors (Lipinski definition) is 7. The van der Waals surface area contributed by atoms with Crippen LogP contribution < -0.4 is 4.74 Å². The number of methoxy groups -OCH3 is 1. The van der Waals surface area contributed by atoms with Crippen LogP contribution in [0.25, 0.3) is 5.70 Å². The van der Waals surface area contributed by atoms with Gasteiger partial charge in [0.25, 0.3) is 0 Å². The normalized spacial score (nSPS) is 13.3. The van der Waals surface area contributed by atoms with Crippen LogP contribution in [0.3, 0.4) is 0 Å². The minimum Gasteiger partial charge on any atom is -0.497 e. The fraction of sp³-hybridized carbons (Fsp3) is 0.364. The molecule has 1 aromatic heterocycles. The molecular formula is C22H25N3O5. The number of rotatable bonds is 8. The van der Waals surface area contributed by atoms with Gasteiger partial charge < -0.3 is 14.2 Å². The average molecular weight is 411 g/mol. The highest BCUT2D eigenvalue weighted by Gasteiger charge is 2.29. The summed E-state index contributed by atoms with van der Waals surface area (Å²) in [6.07, 6.45) is 2.09. The fourth-order valence-electron chi connectivity index (χ4n) is 3.19. The second kappa shape index (κ2) is 9.39. The van der Waals surface area contributed by atoms with Crippen molar-refractivity contribution in [3.05, 3.63) is 52.9 Å². The highest BCUT2D eigenvalue weighted by atomic mass is 16.5. The van der Waals surface area contributed by atoms with Crippen LogP contribution in [-0.4, -0.2) is 47.8 Å². The Morgan fingerprint density at radius 1 is 1.07 bits per heavy atom. The van der Waals surface area contributed by atoms with Gasteiger partial charge in [-0.05, 0) is 38.5 Å². The molecule has 0 amide bonds. The van der Waals surface area contributed by atoms with Gasteiger partial charge in [0.1, 0.15) is 5.75 Å². The summed E-state index contributed by atoms with van der Waals surface area (Å²) in [4.78, 5) is 29.5. The predicted molar refractivity (Wildman–Crippen MR) is 112 cm³/mol. The highest BCUT2D eigenvalue weighted by molar-refractivity contribution is 6.10. The van der Waals surface area contributed by atoms with Crippen molar-refractivity contribution < 1.29 is 23.8 Å². The van der Waals surface area contributed by atoms with E-state index in [1.54, 1.807) is 31.8 Å². The summed E-state index contributed by atoms with van der Waals surface area (Å²) in [6, 6.07) is 7.56. The molecule has 1 aliphatic rings. The fourth-order valence-corrected chi connectivity index (χ4v) is 3.19. The number of carbonyl (C=O) groups excluding carboxylic acids is 2. The van der Waals surface area contributed by atoms with E-state index in [0.717, 1.165) is 17.0 Å². The lowest BCUT2D eigenvalue weighted by molar-refractivity contribution is -0.138. The van der Waals surface area contributed by atoms with Crippen LogP contribution in [0.15, 0.2) is 41.0 Å². The maximum Gasteiger partial charge on any atom is 0.359 e. The molecule has 0 saturated carbocycles. The monoisotopic (exact) mass is 411 g/mol. The van der Waals surface area contributed by atoms with Crippen molar-refractivity contribution in [3.8, 4) is 5.75 Å². The number of aromatic nitrogens is 2. The molecule has 2 aromatic rings. The summed E-state index contributed by atoms with van der Waals surface area (Å²) in [5, 5.41) is 4.43. The predicted octanol–water partition coefficient (Wildman–Crippen LogP) is 3.26. The van der Waals surface area contributed by atoms with E-state index in [1.807, 2.05) is 31.2 Å². The van der Waals surface area contributed by atoms with Crippen LogP contribution in [0, 0.1) is 0 Å². The zero-order chi connectivity index (χ0) is 21.7. The van der Waals surface area contributed by atoms with Crippen molar-refractivity contribution in [3.63, 3.8) is 0 Å². The minimum atomic E-state index is -0.559. The first kappa shape index (κ1) is 21.3. The summed E-state index contributed by atoms with van der Waals surface area (Å²) in [5.41, 5.74) is 3.16. The van der Waals surface area contributed by atoms with Crippen molar-refractivity contribution in [2.75, 3.05) is 20.3 Å². The number of nitrogens with zero attached hydrogens (tertiary/aromatic N) is 3. The third-order valence-electron chi connectivity index (χ3n) is 4.53. The van der Waals surface area contributed by atoms with Gasteiger partial charge in [0.2, 0.25) is 0 Å². The van der Waals surface area contributed by atoms with Gasteiger partial charge in [-0.1, -0.05) is 12.1 Å². The summed E-state index contributed by atoms with van der Waals surface area (Å²) >= 11 is 0. The van der Waals surface area contributed by atoms with Crippen molar-refractivity contribution in [1.29, 1.82) is 0 Å². The zero-order valence-corrected chi connectivity index (χ0v) is 17.6. The summed E-state index contributed by atoms with van der Waals surface area (Å²) < 4.78 is 17.2. The summed E-state index contributed by atoms with van der Waals surface area (Å²) in [6.45, 7) is 6.22. The average Bonchev–Trinajstić information content (AvgIpc) is 3.32. The molecule has 1 aromatic carbocycles. The number of benzene rings is 1. The number of aliphatic imine (C=N–C) groups is 1. The maximum atomic E-state index is 12.6. The van der Waals surface area contributed by atoms with Crippen LogP contribution in [0.4, 0.5) is 0 Å². The van der Waals surface area contributed by atoms with Crippen LogP contribution in [0.5, 0.6) is 5.75 Å². The molecule has 30 heavy (non-hydrogen) atoms. The van der Waals surface area contributed by atoms with Crippen LogP contribution in [0.1, 0.15) is 48.8 Å².